The number of rotatable bonds is 5. The van der Waals surface area contributed by atoms with Crippen LogP contribution in [-0.4, -0.2) is 19.5 Å². The predicted molar refractivity (Wildman–Crippen MR) is 102 cm³/mol. The standard InChI is InChI=1S/C19H19N3O4S/c1-12-4-8-16(9-5-12)20-19(23)15-6-10-17(11-7-15)22-27(24,25)18-13(2)21-26-14(18)3/h4-11,22H,1-3H3,(H,20,23). The lowest BCUT2D eigenvalue weighted by Crippen LogP contribution is -2.15. The summed E-state index contributed by atoms with van der Waals surface area (Å²) in [5.41, 5.74) is 2.82. The molecule has 0 saturated heterocycles. The molecule has 140 valence electrons. The second-order valence-corrected chi connectivity index (χ2v) is 7.78. The zero-order valence-electron chi connectivity index (χ0n) is 15.1. The fourth-order valence-corrected chi connectivity index (χ4v) is 3.98. The molecular formula is C19H19N3O4S. The van der Waals surface area contributed by atoms with Crippen LogP contribution in [-0.2, 0) is 10.0 Å². The third-order valence-electron chi connectivity index (χ3n) is 3.95. The quantitative estimate of drug-likeness (QED) is 0.698. The number of carbonyl (C=O) groups is 1. The minimum absolute atomic E-state index is 0.0173. The molecule has 0 radical (unpaired) electrons. The van der Waals surface area contributed by atoms with Gasteiger partial charge in [-0.05, 0) is 57.2 Å². The molecular weight excluding hydrogens is 366 g/mol. The summed E-state index contributed by atoms with van der Waals surface area (Å²) in [6.07, 6.45) is 0. The van der Waals surface area contributed by atoms with Crippen molar-refractivity contribution >= 4 is 27.3 Å². The molecule has 3 rings (SSSR count). The van der Waals surface area contributed by atoms with Crippen LogP contribution in [0.15, 0.2) is 57.9 Å². The maximum Gasteiger partial charge on any atom is 0.267 e. The Hall–Kier alpha value is -3.13. The van der Waals surface area contributed by atoms with E-state index in [-0.39, 0.29) is 22.3 Å². The lowest BCUT2D eigenvalue weighted by atomic mass is 10.2. The fourth-order valence-electron chi connectivity index (χ4n) is 2.59. The van der Waals surface area contributed by atoms with E-state index in [1.807, 2.05) is 31.2 Å². The van der Waals surface area contributed by atoms with E-state index in [1.165, 1.54) is 19.1 Å². The molecule has 2 aromatic carbocycles. The summed E-state index contributed by atoms with van der Waals surface area (Å²) in [4.78, 5) is 12.3. The van der Waals surface area contributed by atoms with Gasteiger partial charge in [-0.3, -0.25) is 9.52 Å². The number of nitrogens with zero attached hydrogens (tertiary/aromatic N) is 1. The van der Waals surface area contributed by atoms with Gasteiger partial charge in [-0.2, -0.15) is 0 Å². The highest BCUT2D eigenvalue weighted by Gasteiger charge is 2.24. The highest BCUT2D eigenvalue weighted by atomic mass is 32.2. The van der Waals surface area contributed by atoms with Crippen LogP contribution in [0.3, 0.4) is 0 Å². The first-order chi connectivity index (χ1) is 12.8. The van der Waals surface area contributed by atoms with Gasteiger partial charge in [0.25, 0.3) is 15.9 Å². The average Bonchev–Trinajstić information content (AvgIpc) is 2.96. The fraction of sp³-hybridized carbons (Fsp3) is 0.158. The summed E-state index contributed by atoms with van der Waals surface area (Å²) in [5.74, 6) is -0.0620. The molecule has 0 bridgehead atoms. The SMILES string of the molecule is Cc1ccc(NC(=O)c2ccc(NS(=O)(=O)c3c(C)noc3C)cc2)cc1. The minimum Gasteiger partial charge on any atom is -0.360 e. The van der Waals surface area contributed by atoms with Crippen molar-refractivity contribution in [3.8, 4) is 0 Å². The summed E-state index contributed by atoms with van der Waals surface area (Å²) in [5, 5.41) is 6.45. The van der Waals surface area contributed by atoms with Gasteiger partial charge >= 0.3 is 0 Å². The molecule has 2 N–H and O–H groups in total. The Labute approximate surface area is 157 Å². The van der Waals surface area contributed by atoms with Crippen molar-refractivity contribution in [2.24, 2.45) is 0 Å². The van der Waals surface area contributed by atoms with Crippen molar-refractivity contribution in [3.63, 3.8) is 0 Å². The molecule has 0 fully saturated rings. The van der Waals surface area contributed by atoms with Gasteiger partial charge < -0.3 is 9.84 Å². The maximum absolute atomic E-state index is 12.5. The Morgan fingerprint density at radius 2 is 1.52 bits per heavy atom. The Morgan fingerprint density at radius 1 is 0.926 bits per heavy atom. The number of sulfonamides is 1. The maximum atomic E-state index is 12.5. The Morgan fingerprint density at radius 3 is 2.07 bits per heavy atom. The summed E-state index contributed by atoms with van der Waals surface area (Å²) in [6.45, 7) is 5.06. The summed E-state index contributed by atoms with van der Waals surface area (Å²) in [6, 6.07) is 13.6. The summed E-state index contributed by atoms with van der Waals surface area (Å²) >= 11 is 0. The molecule has 1 heterocycles. The van der Waals surface area contributed by atoms with Crippen LogP contribution in [0, 0.1) is 20.8 Å². The Bertz CT molecular complexity index is 1050. The molecule has 0 saturated carbocycles. The number of hydrogen-bond donors (Lipinski definition) is 2. The smallest absolute Gasteiger partial charge is 0.267 e. The normalized spacial score (nSPS) is 11.2. The van der Waals surface area contributed by atoms with E-state index in [4.69, 9.17) is 4.52 Å². The summed E-state index contributed by atoms with van der Waals surface area (Å²) < 4.78 is 32.4. The molecule has 0 aliphatic heterocycles. The van der Waals surface area contributed by atoms with Crippen molar-refractivity contribution in [2.45, 2.75) is 25.7 Å². The molecule has 0 aliphatic carbocycles. The van der Waals surface area contributed by atoms with Crippen LogP contribution in [0.25, 0.3) is 0 Å². The lowest BCUT2D eigenvalue weighted by molar-refractivity contribution is 0.102. The van der Waals surface area contributed by atoms with Crippen LogP contribution in [0.2, 0.25) is 0 Å². The van der Waals surface area contributed by atoms with Crippen molar-refractivity contribution in [3.05, 3.63) is 71.1 Å². The van der Waals surface area contributed by atoms with Gasteiger partial charge in [-0.1, -0.05) is 22.9 Å². The topological polar surface area (TPSA) is 101 Å². The Balaban J connectivity index is 1.73. The van der Waals surface area contributed by atoms with Crippen molar-refractivity contribution < 1.29 is 17.7 Å². The second-order valence-electron chi connectivity index (χ2n) is 6.16. The molecule has 8 heteroatoms. The van der Waals surface area contributed by atoms with Crippen LogP contribution in [0.5, 0.6) is 0 Å². The zero-order chi connectivity index (χ0) is 19.6. The highest BCUT2D eigenvalue weighted by molar-refractivity contribution is 7.92. The van der Waals surface area contributed by atoms with Crippen LogP contribution in [0.1, 0.15) is 27.4 Å². The molecule has 0 atom stereocenters. The van der Waals surface area contributed by atoms with Crippen molar-refractivity contribution in [1.82, 2.24) is 5.16 Å². The van der Waals surface area contributed by atoms with Crippen molar-refractivity contribution in [2.75, 3.05) is 10.0 Å². The number of hydrogen-bond acceptors (Lipinski definition) is 5. The number of aromatic nitrogens is 1. The molecule has 7 nitrogen and oxygen atoms in total. The summed E-state index contributed by atoms with van der Waals surface area (Å²) in [7, 11) is -3.82. The largest absolute Gasteiger partial charge is 0.360 e. The lowest BCUT2D eigenvalue weighted by Gasteiger charge is -2.09. The monoisotopic (exact) mass is 385 g/mol. The predicted octanol–water partition coefficient (Wildman–Crippen LogP) is 3.65. The number of benzene rings is 2. The van der Waals surface area contributed by atoms with Crippen molar-refractivity contribution in [1.29, 1.82) is 0 Å². The number of nitrogens with one attached hydrogen (secondary N) is 2. The minimum atomic E-state index is -3.82. The van der Waals surface area contributed by atoms with E-state index in [0.717, 1.165) is 5.56 Å². The number of anilines is 2. The first-order valence-electron chi connectivity index (χ1n) is 8.20. The average molecular weight is 385 g/mol. The van der Waals surface area contributed by atoms with E-state index in [1.54, 1.807) is 19.1 Å². The molecule has 1 aromatic heterocycles. The number of carbonyl (C=O) groups excluding carboxylic acids is 1. The Kier molecular flexibility index (Phi) is 5.00. The van der Waals surface area contributed by atoms with Gasteiger partial charge in [-0.15, -0.1) is 0 Å². The van der Waals surface area contributed by atoms with Gasteiger partial charge in [0.05, 0.1) is 0 Å². The van der Waals surface area contributed by atoms with E-state index >= 15 is 0 Å². The van der Waals surface area contributed by atoms with Gasteiger partial charge in [-0.25, -0.2) is 8.42 Å². The third kappa shape index (κ3) is 4.17. The van der Waals surface area contributed by atoms with Crippen LogP contribution < -0.4 is 10.0 Å². The number of amides is 1. The van der Waals surface area contributed by atoms with E-state index < -0.39 is 10.0 Å². The van der Waals surface area contributed by atoms with Gasteiger partial charge in [0.2, 0.25) is 0 Å². The van der Waals surface area contributed by atoms with E-state index in [9.17, 15) is 13.2 Å². The van der Waals surface area contributed by atoms with Gasteiger partial charge in [0, 0.05) is 16.9 Å². The first kappa shape index (κ1) is 18.7. The van der Waals surface area contributed by atoms with Crippen LogP contribution in [0.4, 0.5) is 11.4 Å². The second kappa shape index (κ2) is 7.24. The molecule has 27 heavy (non-hydrogen) atoms. The molecule has 0 unspecified atom stereocenters. The first-order valence-corrected chi connectivity index (χ1v) is 9.68. The third-order valence-corrected chi connectivity index (χ3v) is 5.57. The molecule has 3 aromatic rings. The van der Waals surface area contributed by atoms with E-state index in [2.05, 4.69) is 15.2 Å². The van der Waals surface area contributed by atoms with E-state index in [0.29, 0.717) is 16.9 Å². The molecule has 0 aliphatic rings. The van der Waals surface area contributed by atoms with Gasteiger partial charge in [0.1, 0.15) is 5.69 Å². The van der Waals surface area contributed by atoms with Crippen LogP contribution >= 0.6 is 0 Å². The highest BCUT2D eigenvalue weighted by Crippen LogP contribution is 2.22. The molecule has 1 amide bonds. The molecule has 0 spiro atoms. The number of aryl methyl sites for hydroxylation is 3. The zero-order valence-corrected chi connectivity index (χ0v) is 15.9. The van der Waals surface area contributed by atoms with Gasteiger partial charge in [0.15, 0.2) is 10.7 Å².